The van der Waals surface area contributed by atoms with Gasteiger partial charge in [0, 0.05) is 59.4 Å². The third-order valence-electron chi connectivity index (χ3n) is 9.32. The molecule has 1 spiro atoms. The van der Waals surface area contributed by atoms with E-state index in [0.29, 0.717) is 16.9 Å². The fourth-order valence-electron chi connectivity index (χ4n) is 6.68. The smallest absolute Gasteiger partial charge is 0.231 e. The fraction of sp³-hybridized carbons (Fsp3) is 0.361. The van der Waals surface area contributed by atoms with Crippen LogP contribution in [0.3, 0.4) is 0 Å². The maximum atomic E-state index is 14.3. The number of amides is 1. The Morgan fingerprint density at radius 2 is 1.69 bits per heavy atom. The number of hydrogen-bond acceptors (Lipinski definition) is 12. The molecule has 4 atom stereocenters. The summed E-state index contributed by atoms with van der Waals surface area (Å²) in [7, 11) is 5.60. The van der Waals surface area contributed by atoms with Gasteiger partial charge in [-0.25, -0.2) is 5.21 Å². The number of aliphatic hydroxyl groups is 1. The van der Waals surface area contributed by atoms with Crippen molar-refractivity contribution in [2.24, 2.45) is 5.92 Å². The third kappa shape index (κ3) is 6.81. The highest BCUT2D eigenvalue weighted by Gasteiger charge is 2.61. The highest BCUT2D eigenvalue weighted by atomic mass is 35.5. The zero-order valence-electron chi connectivity index (χ0n) is 28.9. The zero-order chi connectivity index (χ0) is 37.2. The average Bonchev–Trinajstić information content (AvgIpc) is 3.44. The van der Waals surface area contributed by atoms with Gasteiger partial charge in [-0.3, -0.25) is 14.4 Å². The summed E-state index contributed by atoms with van der Waals surface area (Å²) in [6.07, 6.45) is 1.59. The van der Waals surface area contributed by atoms with Crippen molar-refractivity contribution in [3.63, 3.8) is 0 Å². The van der Waals surface area contributed by atoms with Gasteiger partial charge in [0.1, 0.15) is 22.1 Å². The number of halogens is 1. The Hall–Kier alpha value is -4.47. The number of fused-ring (bicyclic) bond motifs is 1. The molecule has 2 unspecified atom stereocenters. The summed E-state index contributed by atoms with van der Waals surface area (Å²) in [5, 5.41) is 35.5. The minimum Gasteiger partial charge on any atom is -0.595 e. The number of aliphatic hydroxyl groups excluding tert-OH is 1. The van der Waals surface area contributed by atoms with Crippen LogP contribution in [0, 0.1) is 11.1 Å². The van der Waals surface area contributed by atoms with Gasteiger partial charge in [-0.15, -0.1) is 11.8 Å². The molecule has 51 heavy (non-hydrogen) atoms. The Morgan fingerprint density at radius 3 is 2.27 bits per heavy atom. The van der Waals surface area contributed by atoms with E-state index in [4.69, 9.17) is 35.3 Å². The quantitative estimate of drug-likeness (QED) is 0.140. The van der Waals surface area contributed by atoms with E-state index < -0.39 is 45.9 Å². The number of carbonyl (C=O) groups excluding carboxylic acids is 3. The van der Waals surface area contributed by atoms with E-state index in [0.717, 1.165) is 4.90 Å². The number of allylic oxidation sites excluding steroid dienone is 1. The van der Waals surface area contributed by atoms with Gasteiger partial charge in [0.25, 0.3) is 0 Å². The molecule has 3 aromatic rings. The van der Waals surface area contributed by atoms with Crippen LogP contribution in [0.2, 0.25) is 5.02 Å². The highest BCUT2D eigenvalue weighted by Crippen LogP contribution is 2.55. The minimum absolute atomic E-state index is 0.00101. The molecule has 3 aromatic carbocycles. The number of quaternary nitrogens is 1. The lowest BCUT2D eigenvalue weighted by Crippen LogP contribution is -2.99. The molecule has 0 bridgehead atoms. The van der Waals surface area contributed by atoms with E-state index in [1.165, 1.54) is 52.3 Å². The van der Waals surface area contributed by atoms with Gasteiger partial charge in [0.15, 0.2) is 34.5 Å². The Labute approximate surface area is 303 Å². The van der Waals surface area contributed by atoms with Crippen molar-refractivity contribution in [3.05, 3.63) is 80.7 Å². The summed E-state index contributed by atoms with van der Waals surface area (Å²) >= 11 is 8.10. The van der Waals surface area contributed by atoms with Gasteiger partial charge in [0.05, 0.1) is 28.4 Å². The molecule has 0 saturated heterocycles. The van der Waals surface area contributed by atoms with Crippen LogP contribution in [0.4, 0.5) is 5.69 Å². The molecule has 0 aromatic heterocycles. The third-order valence-corrected chi connectivity index (χ3v) is 10.4. The van der Waals surface area contributed by atoms with Crippen LogP contribution in [-0.4, -0.2) is 74.6 Å². The van der Waals surface area contributed by atoms with Crippen LogP contribution in [-0.2, 0) is 16.0 Å². The first kappa shape index (κ1) is 37.8. The lowest BCUT2D eigenvalue weighted by atomic mass is 9.69. The molecule has 13 nitrogen and oxygen atoms in total. The van der Waals surface area contributed by atoms with Crippen LogP contribution in [0.5, 0.6) is 28.7 Å². The summed E-state index contributed by atoms with van der Waals surface area (Å²) in [6.45, 7) is 1.67. The number of benzene rings is 3. The molecule has 5 rings (SSSR count). The van der Waals surface area contributed by atoms with E-state index in [-0.39, 0.29) is 70.7 Å². The second-order valence-corrected chi connectivity index (χ2v) is 13.3. The number of rotatable bonds is 13. The SMILES string of the molecule is COc1cc(CCNC(=O)CC(C2=C(O)[C@@]3(Oc4c(Cl)c(OC)cc(OC)c4C3=O)[C@H](C)CC2=O)c2ccc(SC)cc2)c([NH+]([O-])O)cc1OC. The summed E-state index contributed by atoms with van der Waals surface area (Å²) in [5.74, 6) is -3.13. The Kier molecular flexibility index (Phi) is 11.4. The average molecular weight is 743 g/mol. The van der Waals surface area contributed by atoms with Crippen molar-refractivity contribution in [2.45, 2.75) is 42.6 Å². The largest absolute Gasteiger partial charge is 0.595 e. The van der Waals surface area contributed by atoms with Crippen LogP contribution in [0.1, 0.15) is 47.2 Å². The highest BCUT2D eigenvalue weighted by molar-refractivity contribution is 7.98. The summed E-state index contributed by atoms with van der Waals surface area (Å²) < 4.78 is 27.7. The molecule has 0 fully saturated rings. The number of methoxy groups -OCH3 is 4. The fourth-order valence-corrected chi connectivity index (χ4v) is 7.36. The van der Waals surface area contributed by atoms with Gasteiger partial charge >= 0.3 is 0 Å². The van der Waals surface area contributed by atoms with Crippen molar-refractivity contribution in [3.8, 4) is 28.7 Å². The van der Waals surface area contributed by atoms with Crippen molar-refractivity contribution < 1.29 is 53.6 Å². The van der Waals surface area contributed by atoms with E-state index in [2.05, 4.69) is 5.32 Å². The molecule has 4 N–H and O–H groups in total. The number of carbonyl (C=O) groups is 3. The van der Waals surface area contributed by atoms with Gasteiger partial charge in [-0.2, -0.15) is 5.23 Å². The first-order valence-electron chi connectivity index (χ1n) is 15.9. The number of nitrogens with one attached hydrogen (secondary N) is 2. The van der Waals surface area contributed by atoms with E-state index in [9.17, 15) is 29.9 Å². The maximum absolute atomic E-state index is 14.3. The normalized spacial score (nSPS) is 19.4. The van der Waals surface area contributed by atoms with E-state index in [1.54, 1.807) is 25.1 Å². The molecule has 272 valence electrons. The molecule has 1 aliphatic heterocycles. The number of ketones is 2. The summed E-state index contributed by atoms with van der Waals surface area (Å²) in [6, 6.07) is 11.6. The van der Waals surface area contributed by atoms with Crippen molar-refractivity contribution in [1.29, 1.82) is 0 Å². The van der Waals surface area contributed by atoms with Crippen molar-refractivity contribution >= 4 is 46.5 Å². The van der Waals surface area contributed by atoms with Crippen LogP contribution >= 0.6 is 23.4 Å². The Balaban J connectivity index is 1.51. The monoisotopic (exact) mass is 742 g/mol. The molecule has 1 amide bonds. The minimum atomic E-state index is -2.02. The second-order valence-electron chi connectivity index (χ2n) is 12.1. The number of ether oxygens (including phenoxy) is 5. The molecular weight excluding hydrogens is 704 g/mol. The Bertz CT molecular complexity index is 1880. The summed E-state index contributed by atoms with van der Waals surface area (Å²) in [4.78, 5) is 42.8. The van der Waals surface area contributed by atoms with Gasteiger partial charge in [-0.1, -0.05) is 30.7 Å². The zero-order valence-corrected chi connectivity index (χ0v) is 30.5. The molecule has 15 heteroatoms. The first-order chi connectivity index (χ1) is 24.4. The van der Waals surface area contributed by atoms with Gasteiger partial charge < -0.3 is 39.3 Å². The van der Waals surface area contributed by atoms with Crippen LogP contribution < -0.4 is 34.2 Å². The van der Waals surface area contributed by atoms with E-state index in [1.807, 2.05) is 18.4 Å². The lowest BCUT2D eigenvalue weighted by Gasteiger charge is -2.38. The predicted octanol–water partition coefficient (Wildman–Crippen LogP) is 4.77. The lowest BCUT2D eigenvalue weighted by molar-refractivity contribution is -0.991. The molecule has 2 aliphatic rings. The Morgan fingerprint density at radius 1 is 1.06 bits per heavy atom. The predicted molar refractivity (Wildman–Crippen MR) is 188 cm³/mol. The van der Waals surface area contributed by atoms with Crippen molar-refractivity contribution in [2.75, 3.05) is 41.2 Å². The standard InChI is InChI=1S/C36H39ClN2O11S/c1-18-13-24(40)30(34(42)36(18)35(43)31-27(48-4)17-28(49-5)32(37)33(31)50-36)22(19-7-9-21(51-6)10-8-19)15-29(41)38-12-11-20-14-25(46-2)26(47-3)16-23(20)39(44)45/h7-10,14,16-18,22,39,42,44H,11-13,15H2,1-6H3,(H,38,41)/t18-,22?,36+/m1/s1. The molecule has 0 saturated carbocycles. The molecule has 1 heterocycles. The molecular formula is C36H39ClN2O11S. The first-order valence-corrected chi connectivity index (χ1v) is 17.5. The van der Waals surface area contributed by atoms with Crippen LogP contribution in [0.15, 0.2) is 58.7 Å². The molecule has 0 radical (unpaired) electrons. The molecule has 1 aliphatic carbocycles. The number of Topliss-reactive ketones (excluding diaryl/α,β-unsaturated/α-hetero) is 2. The van der Waals surface area contributed by atoms with E-state index >= 15 is 0 Å². The second kappa shape index (κ2) is 15.4. The van der Waals surface area contributed by atoms with Crippen LogP contribution in [0.25, 0.3) is 0 Å². The van der Waals surface area contributed by atoms with Crippen molar-refractivity contribution in [1.82, 2.24) is 5.32 Å². The maximum Gasteiger partial charge on any atom is 0.231 e. The number of hydrogen-bond donors (Lipinski definition) is 4. The summed E-state index contributed by atoms with van der Waals surface area (Å²) in [5.41, 5.74) is -1.20. The number of thioether (sulfide) groups is 1. The van der Waals surface area contributed by atoms with Gasteiger partial charge in [-0.05, 0) is 36.4 Å². The van der Waals surface area contributed by atoms with Gasteiger partial charge in [0.2, 0.25) is 17.3 Å². The topological polar surface area (TPSA) is 177 Å².